The SMILES string of the molecule is CN(CCOc1ccccc1)CN1C(=O)c2cc(Cl)c(Cl)cc2C1=O. The minimum Gasteiger partial charge on any atom is -0.492 e. The maximum atomic E-state index is 12.4. The molecule has 0 aromatic heterocycles. The van der Waals surface area contributed by atoms with Gasteiger partial charge in [0.1, 0.15) is 12.4 Å². The zero-order valence-corrected chi connectivity index (χ0v) is 15.0. The number of benzene rings is 2. The van der Waals surface area contributed by atoms with E-state index in [1.807, 2.05) is 42.3 Å². The summed E-state index contributed by atoms with van der Waals surface area (Å²) in [5.74, 6) is 0.0460. The highest BCUT2D eigenvalue weighted by atomic mass is 35.5. The van der Waals surface area contributed by atoms with Gasteiger partial charge in [0, 0.05) is 6.54 Å². The summed E-state index contributed by atoms with van der Waals surface area (Å²) in [6, 6.07) is 12.3. The van der Waals surface area contributed by atoms with Crippen molar-refractivity contribution in [2.75, 3.05) is 26.9 Å². The first-order valence-electron chi connectivity index (χ1n) is 7.69. The summed E-state index contributed by atoms with van der Waals surface area (Å²) in [5, 5.41) is 0.515. The maximum Gasteiger partial charge on any atom is 0.262 e. The third-order valence-corrected chi connectivity index (χ3v) is 4.60. The molecule has 1 aliphatic rings. The lowest BCUT2D eigenvalue weighted by atomic mass is 10.1. The summed E-state index contributed by atoms with van der Waals surface area (Å²) in [6.07, 6.45) is 0. The summed E-state index contributed by atoms with van der Waals surface area (Å²) in [5.41, 5.74) is 0.571. The summed E-state index contributed by atoms with van der Waals surface area (Å²) < 4.78 is 5.62. The highest BCUT2D eigenvalue weighted by Gasteiger charge is 2.36. The van der Waals surface area contributed by atoms with E-state index in [1.54, 1.807) is 0 Å². The molecule has 0 aliphatic carbocycles. The van der Waals surface area contributed by atoms with Crippen molar-refractivity contribution in [2.24, 2.45) is 0 Å². The predicted molar refractivity (Wildman–Crippen MR) is 96.4 cm³/mol. The number of fused-ring (bicyclic) bond motifs is 1. The van der Waals surface area contributed by atoms with Gasteiger partial charge in [-0.1, -0.05) is 41.4 Å². The van der Waals surface area contributed by atoms with Crippen LogP contribution < -0.4 is 4.74 Å². The first kappa shape index (κ1) is 17.7. The van der Waals surface area contributed by atoms with Crippen LogP contribution >= 0.6 is 23.2 Å². The van der Waals surface area contributed by atoms with Gasteiger partial charge in [-0.3, -0.25) is 19.4 Å². The van der Waals surface area contributed by atoms with E-state index in [2.05, 4.69) is 0 Å². The minimum atomic E-state index is -0.366. The van der Waals surface area contributed by atoms with Crippen molar-refractivity contribution in [1.82, 2.24) is 9.80 Å². The van der Waals surface area contributed by atoms with Crippen molar-refractivity contribution >= 4 is 35.0 Å². The maximum absolute atomic E-state index is 12.4. The van der Waals surface area contributed by atoms with Gasteiger partial charge in [0.25, 0.3) is 11.8 Å². The molecular weight excluding hydrogens is 363 g/mol. The van der Waals surface area contributed by atoms with Crippen molar-refractivity contribution in [3.05, 3.63) is 63.6 Å². The number of carbonyl (C=O) groups is 2. The van der Waals surface area contributed by atoms with Crippen molar-refractivity contribution in [1.29, 1.82) is 0 Å². The number of nitrogens with zero attached hydrogens (tertiary/aromatic N) is 2. The van der Waals surface area contributed by atoms with Crippen molar-refractivity contribution in [3.63, 3.8) is 0 Å². The Bertz CT molecular complexity index is 770. The number of rotatable bonds is 6. The number of para-hydroxylation sites is 1. The molecular formula is C18H16Cl2N2O3. The predicted octanol–water partition coefficient (Wildman–Crippen LogP) is 3.56. The van der Waals surface area contributed by atoms with Crippen LogP contribution in [0.1, 0.15) is 20.7 Å². The number of hydrogen-bond donors (Lipinski definition) is 0. The number of hydrogen-bond acceptors (Lipinski definition) is 4. The molecule has 0 spiro atoms. The molecule has 0 N–H and O–H groups in total. The summed E-state index contributed by atoms with van der Waals surface area (Å²) in [4.78, 5) is 27.9. The number of imide groups is 1. The van der Waals surface area contributed by atoms with Gasteiger partial charge in [0.15, 0.2) is 0 Å². The fraction of sp³-hybridized carbons (Fsp3) is 0.222. The quantitative estimate of drug-likeness (QED) is 0.721. The van der Waals surface area contributed by atoms with Crippen molar-refractivity contribution in [3.8, 4) is 5.75 Å². The van der Waals surface area contributed by atoms with E-state index in [0.29, 0.717) is 13.2 Å². The number of carbonyl (C=O) groups excluding carboxylic acids is 2. The van der Waals surface area contributed by atoms with Gasteiger partial charge in [-0.15, -0.1) is 0 Å². The van der Waals surface area contributed by atoms with Crippen LogP contribution in [-0.2, 0) is 0 Å². The molecule has 0 saturated carbocycles. The van der Waals surface area contributed by atoms with Crippen LogP contribution in [-0.4, -0.2) is 48.5 Å². The van der Waals surface area contributed by atoms with Crippen LogP contribution in [0.2, 0.25) is 10.0 Å². The molecule has 0 radical (unpaired) electrons. The molecule has 2 aromatic carbocycles. The average molecular weight is 379 g/mol. The first-order valence-corrected chi connectivity index (χ1v) is 8.44. The lowest BCUT2D eigenvalue weighted by Crippen LogP contribution is -2.40. The second-order valence-electron chi connectivity index (χ2n) is 5.73. The molecule has 0 fully saturated rings. The third-order valence-electron chi connectivity index (χ3n) is 3.88. The first-order chi connectivity index (χ1) is 12.0. The van der Waals surface area contributed by atoms with Gasteiger partial charge in [0.05, 0.1) is 27.8 Å². The Labute approximate surface area is 155 Å². The van der Waals surface area contributed by atoms with Crippen LogP contribution in [0.15, 0.2) is 42.5 Å². The molecule has 2 amide bonds. The van der Waals surface area contributed by atoms with Gasteiger partial charge in [-0.25, -0.2) is 0 Å². The third kappa shape index (κ3) is 3.79. The van der Waals surface area contributed by atoms with Crippen molar-refractivity contribution in [2.45, 2.75) is 0 Å². The Kier molecular flexibility index (Phi) is 5.27. The minimum absolute atomic E-state index is 0.166. The number of ether oxygens (including phenoxy) is 1. The van der Waals surface area contributed by atoms with E-state index >= 15 is 0 Å². The molecule has 0 bridgehead atoms. The lowest BCUT2D eigenvalue weighted by molar-refractivity contribution is 0.0553. The largest absolute Gasteiger partial charge is 0.492 e. The topological polar surface area (TPSA) is 49.9 Å². The zero-order chi connectivity index (χ0) is 18.0. The Morgan fingerprint density at radius 1 is 1.00 bits per heavy atom. The van der Waals surface area contributed by atoms with E-state index < -0.39 is 0 Å². The Morgan fingerprint density at radius 3 is 2.12 bits per heavy atom. The number of halogens is 2. The molecule has 1 aliphatic heterocycles. The Morgan fingerprint density at radius 2 is 1.56 bits per heavy atom. The smallest absolute Gasteiger partial charge is 0.262 e. The lowest BCUT2D eigenvalue weighted by Gasteiger charge is -2.22. The fourth-order valence-corrected chi connectivity index (χ4v) is 2.89. The second-order valence-corrected chi connectivity index (χ2v) is 6.55. The highest BCUT2D eigenvalue weighted by Crippen LogP contribution is 2.31. The average Bonchev–Trinajstić information content (AvgIpc) is 2.81. The summed E-state index contributed by atoms with van der Waals surface area (Å²) in [6.45, 7) is 1.17. The van der Waals surface area contributed by atoms with Gasteiger partial charge in [0.2, 0.25) is 0 Å². The second kappa shape index (κ2) is 7.44. The summed E-state index contributed by atoms with van der Waals surface area (Å²) >= 11 is 11.9. The number of amides is 2. The molecule has 0 atom stereocenters. The van der Waals surface area contributed by atoms with E-state index in [-0.39, 0.29) is 39.7 Å². The Balaban J connectivity index is 1.59. The molecule has 25 heavy (non-hydrogen) atoms. The van der Waals surface area contributed by atoms with Gasteiger partial charge < -0.3 is 4.74 Å². The van der Waals surface area contributed by atoms with Gasteiger partial charge in [-0.05, 0) is 31.3 Å². The summed E-state index contributed by atoms with van der Waals surface area (Å²) in [7, 11) is 1.82. The van der Waals surface area contributed by atoms with E-state index in [4.69, 9.17) is 27.9 Å². The van der Waals surface area contributed by atoms with E-state index in [1.165, 1.54) is 17.0 Å². The molecule has 130 valence electrons. The van der Waals surface area contributed by atoms with Crippen LogP contribution in [0.5, 0.6) is 5.75 Å². The van der Waals surface area contributed by atoms with Gasteiger partial charge >= 0.3 is 0 Å². The van der Waals surface area contributed by atoms with Crippen LogP contribution in [0.25, 0.3) is 0 Å². The van der Waals surface area contributed by atoms with Crippen molar-refractivity contribution < 1.29 is 14.3 Å². The normalized spacial score (nSPS) is 13.5. The highest BCUT2D eigenvalue weighted by molar-refractivity contribution is 6.43. The molecule has 3 rings (SSSR count). The molecule has 0 unspecified atom stereocenters. The standard InChI is InChI=1S/C18H16Cl2N2O3/c1-21(7-8-25-12-5-3-2-4-6-12)11-22-17(23)13-9-15(19)16(20)10-14(13)18(22)24/h2-6,9-10H,7-8,11H2,1H3. The van der Waals surface area contributed by atoms with E-state index in [9.17, 15) is 9.59 Å². The molecule has 2 aromatic rings. The van der Waals surface area contributed by atoms with E-state index in [0.717, 1.165) is 5.75 Å². The zero-order valence-electron chi connectivity index (χ0n) is 13.5. The van der Waals surface area contributed by atoms with Gasteiger partial charge in [-0.2, -0.15) is 0 Å². The molecule has 5 nitrogen and oxygen atoms in total. The van der Waals surface area contributed by atoms with Crippen LogP contribution in [0, 0.1) is 0 Å². The fourth-order valence-electron chi connectivity index (χ4n) is 2.56. The molecule has 7 heteroatoms. The Hall–Kier alpha value is -2.08. The van der Waals surface area contributed by atoms with Crippen LogP contribution in [0.4, 0.5) is 0 Å². The van der Waals surface area contributed by atoms with Crippen LogP contribution in [0.3, 0.4) is 0 Å². The molecule has 0 saturated heterocycles. The number of likely N-dealkylation sites (N-methyl/N-ethyl adjacent to an activating group) is 1. The molecule has 1 heterocycles. The monoisotopic (exact) mass is 378 g/mol.